The van der Waals surface area contributed by atoms with Gasteiger partial charge in [-0.05, 0) is 34.6 Å². The van der Waals surface area contributed by atoms with Gasteiger partial charge in [0.25, 0.3) is 5.91 Å². The Hall–Kier alpha value is -0.770. The van der Waals surface area contributed by atoms with Crippen molar-refractivity contribution in [1.29, 1.82) is 0 Å². The van der Waals surface area contributed by atoms with Gasteiger partial charge in [0.2, 0.25) is 3.79 Å². The molecular weight excluding hydrogens is 441 g/mol. The first-order chi connectivity index (χ1) is 12.1. The molecule has 12 heteroatoms. The number of nitrogens with one attached hydrogen (secondary N) is 2. The number of hydrogen-bond acceptors (Lipinski definition) is 6. The summed E-state index contributed by atoms with van der Waals surface area (Å²) in [7, 11) is 0. The molecule has 2 rings (SSSR count). The Morgan fingerprint density at radius 1 is 1.19 bits per heavy atom. The topological polar surface area (TPSA) is 97.0 Å². The molecule has 3 atom stereocenters. The Balaban J connectivity index is 1.98. The van der Waals surface area contributed by atoms with Crippen LogP contribution >= 0.6 is 46.6 Å². The third-order valence-corrected chi connectivity index (χ3v) is 5.63. The normalized spacial score (nSPS) is 26.7. The van der Waals surface area contributed by atoms with Crippen molar-refractivity contribution in [1.82, 2.24) is 15.5 Å². The molecule has 8 nitrogen and oxygen atoms in total. The van der Waals surface area contributed by atoms with Crippen LogP contribution in [0.3, 0.4) is 0 Å². The number of carbonyl (C=O) groups is 3. The molecule has 0 radical (unpaired) electrons. The molecule has 0 spiro atoms. The highest BCUT2D eigenvalue weighted by molar-refractivity contribution is 8.01. The largest absolute Gasteiger partial charge is 0.445 e. The fourth-order valence-corrected chi connectivity index (χ4v) is 4.45. The summed E-state index contributed by atoms with van der Waals surface area (Å²) >= 11 is 18.1. The second kappa shape index (κ2) is 7.57. The van der Waals surface area contributed by atoms with Gasteiger partial charge in [-0.1, -0.05) is 34.8 Å². The quantitative estimate of drug-likeness (QED) is 0.494. The van der Waals surface area contributed by atoms with E-state index in [1.54, 1.807) is 20.8 Å². The van der Waals surface area contributed by atoms with Gasteiger partial charge in [0.1, 0.15) is 29.8 Å². The average molecular weight is 463 g/mol. The highest BCUT2D eigenvalue weighted by Gasteiger charge is 2.62. The minimum atomic E-state index is -1.73. The molecule has 0 aromatic carbocycles. The maximum absolute atomic E-state index is 12.5. The molecule has 2 aliphatic heterocycles. The van der Waals surface area contributed by atoms with Crippen molar-refractivity contribution in [3.63, 3.8) is 0 Å². The van der Waals surface area contributed by atoms with Crippen LogP contribution in [0.15, 0.2) is 0 Å². The van der Waals surface area contributed by atoms with Gasteiger partial charge >= 0.3 is 12.2 Å². The molecule has 0 bridgehead atoms. The number of nitrogens with zero attached hydrogens (tertiary/aromatic N) is 1. The molecule has 2 unspecified atom stereocenters. The van der Waals surface area contributed by atoms with Gasteiger partial charge in [-0.25, -0.2) is 9.59 Å². The second-order valence-electron chi connectivity index (χ2n) is 7.72. The van der Waals surface area contributed by atoms with Gasteiger partial charge in [-0.15, -0.1) is 11.8 Å². The summed E-state index contributed by atoms with van der Waals surface area (Å²) in [5, 5.41) is 4.87. The molecule has 2 N–H and O–H groups in total. The smallest absolute Gasteiger partial charge is 0.408 e. The van der Waals surface area contributed by atoms with Crippen LogP contribution in [0.1, 0.15) is 34.6 Å². The van der Waals surface area contributed by atoms with E-state index in [4.69, 9.17) is 44.3 Å². The Bertz CT molecular complexity index is 635. The van der Waals surface area contributed by atoms with E-state index in [1.807, 2.05) is 13.8 Å². The Morgan fingerprint density at radius 2 is 1.78 bits per heavy atom. The van der Waals surface area contributed by atoms with E-state index < -0.39 is 45.1 Å². The molecule has 154 valence electrons. The number of carbonyl (C=O) groups excluding carboxylic acids is 3. The molecule has 0 aliphatic carbocycles. The van der Waals surface area contributed by atoms with Gasteiger partial charge in [0, 0.05) is 0 Å². The van der Waals surface area contributed by atoms with Crippen molar-refractivity contribution in [2.45, 2.75) is 66.3 Å². The SMILES string of the molecule is CC(C)(C)OC(=O)NC1C(=O)N2C(NC(=O)OCC(Cl)(Cl)Cl)C(C)(C)S[C@H]12. The highest BCUT2D eigenvalue weighted by Crippen LogP contribution is 2.49. The molecule has 2 fully saturated rings. The van der Waals surface area contributed by atoms with Crippen molar-refractivity contribution in [3.05, 3.63) is 0 Å². The van der Waals surface area contributed by atoms with Crippen molar-refractivity contribution in [2.75, 3.05) is 6.61 Å². The lowest BCUT2D eigenvalue weighted by atomic mass is 10.0. The van der Waals surface area contributed by atoms with Crippen molar-refractivity contribution in [3.8, 4) is 0 Å². The van der Waals surface area contributed by atoms with Gasteiger partial charge in [0.05, 0.1) is 4.75 Å². The van der Waals surface area contributed by atoms with Crippen LogP contribution in [0.5, 0.6) is 0 Å². The number of alkyl halides is 3. The number of halogens is 3. The maximum atomic E-state index is 12.5. The molecule has 0 aromatic heterocycles. The number of fused-ring (bicyclic) bond motifs is 1. The minimum absolute atomic E-state index is 0.324. The maximum Gasteiger partial charge on any atom is 0.408 e. The summed E-state index contributed by atoms with van der Waals surface area (Å²) in [6.45, 7) is 8.51. The van der Waals surface area contributed by atoms with Crippen LogP contribution in [0.4, 0.5) is 9.59 Å². The Kier molecular flexibility index (Phi) is 6.31. The summed E-state index contributed by atoms with van der Waals surface area (Å²) in [4.78, 5) is 38.0. The molecule has 2 aliphatic rings. The zero-order valence-electron chi connectivity index (χ0n) is 15.5. The minimum Gasteiger partial charge on any atom is -0.445 e. The number of alkyl carbamates (subject to hydrolysis) is 2. The third kappa shape index (κ3) is 5.62. The van der Waals surface area contributed by atoms with E-state index in [0.29, 0.717) is 0 Å². The number of thioether (sulfide) groups is 1. The fraction of sp³-hybridized carbons (Fsp3) is 0.800. The lowest BCUT2D eigenvalue weighted by molar-refractivity contribution is -0.149. The summed E-state index contributed by atoms with van der Waals surface area (Å²) in [5.41, 5.74) is -0.672. The van der Waals surface area contributed by atoms with Crippen molar-refractivity contribution in [2.24, 2.45) is 0 Å². The molecule has 2 heterocycles. The predicted molar refractivity (Wildman–Crippen MR) is 104 cm³/mol. The van der Waals surface area contributed by atoms with Crippen LogP contribution in [0.2, 0.25) is 0 Å². The van der Waals surface area contributed by atoms with E-state index in [-0.39, 0.29) is 11.3 Å². The van der Waals surface area contributed by atoms with Crippen LogP contribution in [-0.4, -0.2) is 61.3 Å². The van der Waals surface area contributed by atoms with Gasteiger partial charge in [-0.3, -0.25) is 10.1 Å². The lowest BCUT2D eigenvalue weighted by Gasteiger charge is -2.44. The predicted octanol–water partition coefficient (Wildman–Crippen LogP) is 3.00. The molecule has 27 heavy (non-hydrogen) atoms. The van der Waals surface area contributed by atoms with Crippen molar-refractivity contribution < 1.29 is 23.9 Å². The monoisotopic (exact) mass is 461 g/mol. The highest BCUT2D eigenvalue weighted by atomic mass is 35.6. The summed E-state index contributed by atoms with van der Waals surface area (Å²) in [6, 6.07) is -0.729. The van der Waals surface area contributed by atoms with E-state index in [1.165, 1.54) is 16.7 Å². The zero-order valence-corrected chi connectivity index (χ0v) is 18.6. The Morgan fingerprint density at radius 3 is 2.30 bits per heavy atom. The second-order valence-corrected chi connectivity index (χ2v) is 12.0. The summed E-state index contributed by atoms with van der Waals surface area (Å²) in [5.74, 6) is -0.324. The first-order valence-corrected chi connectivity index (χ1v) is 10.1. The molecular formula is C15H22Cl3N3O5S. The van der Waals surface area contributed by atoms with Gasteiger partial charge < -0.3 is 19.7 Å². The van der Waals surface area contributed by atoms with Crippen molar-refractivity contribution >= 4 is 64.7 Å². The van der Waals surface area contributed by atoms with E-state index >= 15 is 0 Å². The van der Waals surface area contributed by atoms with E-state index in [2.05, 4.69) is 10.6 Å². The number of amides is 3. The number of β-lactam (4-membered cyclic amide) rings is 1. The summed E-state index contributed by atoms with van der Waals surface area (Å²) in [6.07, 6.45) is -2.12. The molecule has 2 saturated heterocycles. The van der Waals surface area contributed by atoms with Crippen LogP contribution in [0, 0.1) is 0 Å². The van der Waals surface area contributed by atoms with Gasteiger partial charge in [-0.2, -0.15) is 0 Å². The summed E-state index contributed by atoms with van der Waals surface area (Å²) < 4.78 is 7.81. The first kappa shape index (κ1) is 22.5. The van der Waals surface area contributed by atoms with Gasteiger partial charge in [0.15, 0.2) is 0 Å². The van der Waals surface area contributed by atoms with Crippen LogP contribution < -0.4 is 10.6 Å². The molecule has 0 saturated carbocycles. The zero-order chi connectivity index (χ0) is 20.8. The standard InChI is InChI=1S/C15H22Cl3N3O5S/c1-13(2,3)26-12(24)19-7-8(22)21-9(7)27-14(4,5)10(21)20-11(23)25-6-15(16,17)18/h7,9-10H,6H2,1-5H3,(H,19,24)(H,20,23)/t7?,9-,10?/m1/s1. The van der Waals surface area contributed by atoms with Crippen LogP contribution in [0.25, 0.3) is 0 Å². The number of ether oxygens (including phenoxy) is 2. The Labute approximate surface area is 176 Å². The van der Waals surface area contributed by atoms with E-state index in [0.717, 1.165) is 0 Å². The van der Waals surface area contributed by atoms with Crippen LogP contribution in [-0.2, 0) is 14.3 Å². The number of hydrogen-bond donors (Lipinski definition) is 2. The average Bonchev–Trinajstić information content (AvgIpc) is 2.69. The lowest BCUT2D eigenvalue weighted by Crippen LogP contribution is -2.72. The molecule has 0 aromatic rings. The fourth-order valence-electron chi connectivity index (χ4n) is 2.71. The first-order valence-electron chi connectivity index (χ1n) is 8.10. The third-order valence-electron chi connectivity index (χ3n) is 3.73. The molecule has 3 amide bonds. The number of rotatable bonds is 3. The van der Waals surface area contributed by atoms with E-state index in [9.17, 15) is 14.4 Å².